The predicted molar refractivity (Wildman–Crippen MR) is 195 cm³/mol. The van der Waals surface area contributed by atoms with E-state index in [9.17, 15) is 4.39 Å². The van der Waals surface area contributed by atoms with Crippen LogP contribution in [0, 0.1) is 24.8 Å². The van der Waals surface area contributed by atoms with Crippen LogP contribution in [0.4, 0.5) is 4.39 Å². The van der Waals surface area contributed by atoms with Gasteiger partial charge < -0.3 is 14.4 Å². The number of hydrogen-bond acceptors (Lipinski definition) is 3. The number of rotatable bonds is 6. The van der Waals surface area contributed by atoms with Crippen molar-refractivity contribution in [1.29, 1.82) is 0 Å². The molecule has 7 aromatic rings. The van der Waals surface area contributed by atoms with Gasteiger partial charge in [-0.1, -0.05) is 123 Å². The molecular weight excluding hydrogens is 788 g/mol. The Kier molecular flexibility index (Phi) is 8.60. The molecule has 0 amide bonds. The van der Waals surface area contributed by atoms with Crippen molar-refractivity contribution in [2.24, 2.45) is 0 Å². The first kappa shape index (κ1) is 27.7. The van der Waals surface area contributed by atoms with Gasteiger partial charge in [-0.3, -0.25) is 4.39 Å². The van der Waals surface area contributed by atoms with E-state index in [-0.39, 0.29) is 36.9 Å². The van der Waals surface area contributed by atoms with Crippen molar-refractivity contribution >= 4 is 35.2 Å². The van der Waals surface area contributed by atoms with E-state index in [4.69, 9.17) is 12.6 Å². The third kappa shape index (κ3) is 7.90. The molecule has 1 radical (unpaired) electrons. The van der Waals surface area contributed by atoms with Crippen molar-refractivity contribution in [2.75, 3.05) is 0 Å². The Bertz CT molecular complexity index is 2420. The number of nitrogens with zero attached hydrogens (tertiary/aromatic N) is 2. The van der Waals surface area contributed by atoms with Gasteiger partial charge >= 0.3 is 0 Å². The molecule has 0 spiro atoms. The van der Waals surface area contributed by atoms with E-state index >= 15 is 0 Å². The number of halogens is 1. The second kappa shape index (κ2) is 14.9. The zero-order valence-corrected chi connectivity index (χ0v) is 30.8. The Labute approximate surface area is 306 Å². The molecule has 3 aromatic heterocycles. The van der Waals surface area contributed by atoms with Crippen LogP contribution in [0.5, 0.6) is 0 Å². The molecule has 0 unspecified atom stereocenters. The van der Waals surface area contributed by atoms with Crippen LogP contribution in [0.25, 0.3) is 44.5 Å². The van der Waals surface area contributed by atoms with Gasteiger partial charge in [0.15, 0.2) is 0 Å². The number of benzene rings is 4. The molecule has 6 heteroatoms. The maximum Gasteiger partial charge on any atom is 0.120 e. The minimum Gasteiger partial charge on any atom is -0.500 e. The Hall–Kier alpha value is -4.22. The van der Waals surface area contributed by atoms with Crippen LogP contribution in [-0.4, -0.2) is 18.0 Å². The number of pyridine rings is 2. The summed E-state index contributed by atoms with van der Waals surface area (Å²) in [6.45, 7) is 7.64. The van der Waals surface area contributed by atoms with Crippen molar-refractivity contribution in [3.05, 3.63) is 150 Å². The molecule has 48 heavy (non-hydrogen) atoms. The second-order valence-corrected chi connectivity index (χ2v) is 17.7. The third-order valence-electron chi connectivity index (χ3n) is 7.84. The largest absolute Gasteiger partial charge is 0.500 e. The first-order chi connectivity index (χ1) is 24.8. The van der Waals surface area contributed by atoms with Crippen LogP contribution in [-0.2, 0) is 26.5 Å². The molecule has 0 atom stereocenters. The molecule has 0 fully saturated rings. The van der Waals surface area contributed by atoms with E-state index in [0.29, 0.717) is 11.1 Å². The number of aryl methyl sites for hydroxylation is 1. The molecule has 3 heterocycles. The molecule has 7 rings (SSSR count). The maximum atomic E-state index is 14.7. The minimum absolute atomic E-state index is 0. The monoisotopic (exact) mass is 833 g/mol. The first-order valence-corrected chi connectivity index (χ1v) is 18.9. The van der Waals surface area contributed by atoms with Crippen molar-refractivity contribution in [2.45, 2.75) is 52.6 Å². The molecule has 3 nitrogen and oxygen atoms in total. The normalized spacial score (nSPS) is 14.0. The standard InChI is InChI=1S/C22H23FNSi.C20H16NO.Ir/c1-16-10-11-19(20(23)12-16)21-14-18(13-17-8-6-5-7-9-17)22(15-24-21)25(2,3)4;1-13(2)14-9-10-21-18(12-14)15-7-8-20-17(11-15)16-5-3-4-6-19(16)22-20;/h5-10,12,14-15H,13H2,1-4H3;3-6,8-13H,1-2H3;/q2*-1;/i1D3,13D2;13D;. The zero-order chi connectivity index (χ0) is 38.3. The summed E-state index contributed by atoms with van der Waals surface area (Å²) in [4.78, 5) is 8.84. The van der Waals surface area contributed by atoms with Gasteiger partial charge in [0.25, 0.3) is 0 Å². The first-order valence-electron chi connectivity index (χ1n) is 18.4. The predicted octanol–water partition coefficient (Wildman–Crippen LogP) is 10.7. The van der Waals surface area contributed by atoms with Crippen LogP contribution < -0.4 is 5.19 Å². The topological polar surface area (TPSA) is 38.9 Å². The van der Waals surface area contributed by atoms with Crippen molar-refractivity contribution in [1.82, 2.24) is 9.97 Å². The smallest absolute Gasteiger partial charge is 0.120 e. The number of aromatic nitrogens is 2. The number of hydrogen-bond donors (Lipinski definition) is 0. The fourth-order valence-electron chi connectivity index (χ4n) is 5.34. The summed E-state index contributed by atoms with van der Waals surface area (Å²) in [6.07, 6.45) is 1.58. The van der Waals surface area contributed by atoms with Crippen LogP contribution in [0.15, 0.2) is 114 Å². The molecule has 0 N–H and O–H groups in total. The minimum atomic E-state index is -2.43. The van der Waals surface area contributed by atoms with Gasteiger partial charge in [-0.05, 0) is 46.5 Å². The molecule has 4 aromatic carbocycles. The summed E-state index contributed by atoms with van der Waals surface area (Å²) in [5.74, 6) is -1.40. The summed E-state index contributed by atoms with van der Waals surface area (Å²) in [7, 11) is -1.97. The summed E-state index contributed by atoms with van der Waals surface area (Å²) >= 11 is 0. The molecule has 0 bridgehead atoms. The molecular formula is C42H39FIrN2OSi-2. The summed E-state index contributed by atoms with van der Waals surface area (Å²) in [6, 6.07) is 34.4. The quantitative estimate of drug-likeness (QED) is 0.124. The van der Waals surface area contributed by atoms with E-state index < -0.39 is 33.0 Å². The van der Waals surface area contributed by atoms with Crippen LogP contribution in [0.2, 0.25) is 19.6 Å². The molecule has 245 valence electrons. The number of furan rings is 1. The number of fused-ring (bicyclic) bond motifs is 3. The molecule has 0 saturated carbocycles. The summed E-state index contributed by atoms with van der Waals surface area (Å²) in [5, 5.41) is 3.00. The zero-order valence-electron chi connectivity index (χ0n) is 33.4. The Balaban J connectivity index is 0.000000210. The Morgan fingerprint density at radius 1 is 0.875 bits per heavy atom. The van der Waals surface area contributed by atoms with Crippen molar-refractivity contribution in [3.63, 3.8) is 0 Å². The summed E-state index contributed by atoms with van der Waals surface area (Å²) < 4.78 is 68.8. The van der Waals surface area contributed by atoms with E-state index in [0.717, 1.165) is 50.0 Å². The fourth-order valence-corrected chi connectivity index (χ4v) is 6.74. The maximum absolute atomic E-state index is 14.7. The molecule has 0 aliphatic carbocycles. The second-order valence-electron chi connectivity index (χ2n) is 12.6. The van der Waals surface area contributed by atoms with Gasteiger partial charge in [0.05, 0.1) is 13.7 Å². The molecule has 0 saturated heterocycles. The average Bonchev–Trinajstić information content (AvgIpc) is 3.49. The fraction of sp³-hybridized carbons (Fsp3) is 0.190. The van der Waals surface area contributed by atoms with Gasteiger partial charge in [-0.15, -0.1) is 47.5 Å². The average molecular weight is 833 g/mol. The Morgan fingerprint density at radius 3 is 2.38 bits per heavy atom. The summed E-state index contributed by atoms with van der Waals surface area (Å²) in [5.41, 5.74) is 5.44. The van der Waals surface area contributed by atoms with Gasteiger partial charge in [0.2, 0.25) is 0 Å². The Morgan fingerprint density at radius 2 is 1.65 bits per heavy atom. The van der Waals surface area contributed by atoms with Crippen LogP contribution >= 0.6 is 0 Å². The van der Waals surface area contributed by atoms with Gasteiger partial charge in [-0.25, -0.2) is 0 Å². The van der Waals surface area contributed by atoms with Gasteiger partial charge in [-0.2, -0.15) is 0 Å². The van der Waals surface area contributed by atoms with Crippen molar-refractivity contribution in [3.8, 4) is 22.5 Å². The van der Waals surface area contributed by atoms with Crippen molar-refractivity contribution < 1.29 is 37.1 Å². The van der Waals surface area contributed by atoms with E-state index in [1.807, 2.05) is 56.3 Å². The SMILES string of the molecule is [2H]C(C)(C)c1ccnc(-c2[c-]cc3oc4ccccc4c3c2)c1.[2H]C([2H])([2H])c1c[c-]c(-c2cc(C([2H])([2H])c3ccccc3)c([Si](C)(C)C)cn2)c(F)c1.[Ir]. The van der Waals surface area contributed by atoms with Gasteiger partial charge in [0, 0.05) is 51.9 Å². The van der Waals surface area contributed by atoms with E-state index in [2.05, 4.69) is 53.9 Å². The van der Waals surface area contributed by atoms with E-state index in [1.54, 1.807) is 42.7 Å². The van der Waals surface area contributed by atoms with Gasteiger partial charge in [0.1, 0.15) is 5.58 Å². The molecule has 0 aliphatic heterocycles. The molecule has 0 aliphatic rings. The number of para-hydroxylation sites is 1. The van der Waals surface area contributed by atoms with Crippen LogP contribution in [0.1, 0.15) is 50.2 Å². The third-order valence-corrected chi connectivity index (χ3v) is 9.85. The van der Waals surface area contributed by atoms with Crippen LogP contribution in [0.3, 0.4) is 0 Å². The van der Waals surface area contributed by atoms with E-state index in [1.165, 1.54) is 6.07 Å².